The van der Waals surface area contributed by atoms with Gasteiger partial charge in [0.15, 0.2) is 5.69 Å². The highest BCUT2D eigenvalue weighted by Gasteiger charge is 2.30. The van der Waals surface area contributed by atoms with Gasteiger partial charge in [-0.25, -0.2) is 4.68 Å². The number of aliphatic carboxylic acids is 1. The van der Waals surface area contributed by atoms with Gasteiger partial charge in [0.2, 0.25) is 0 Å². The largest absolute Gasteiger partial charge is 0.505 e. The van der Waals surface area contributed by atoms with Crippen LogP contribution in [0.15, 0.2) is 33.2 Å². The lowest BCUT2D eigenvalue weighted by Gasteiger charge is -2.27. The summed E-state index contributed by atoms with van der Waals surface area (Å²) in [6, 6.07) is 5.32. The number of para-hydroxylation sites is 1. The van der Waals surface area contributed by atoms with E-state index < -0.39 is 11.9 Å². The number of nitrogens with one attached hydrogen (secondary N) is 1. The average molecular weight is 457 g/mol. The summed E-state index contributed by atoms with van der Waals surface area (Å²) in [6.45, 7) is 1.79. The number of phenols is 1. The second-order valence-electron chi connectivity index (χ2n) is 9.24. The minimum atomic E-state index is -0.787. The first-order valence-electron chi connectivity index (χ1n) is 11.7. The molecule has 9 nitrogen and oxygen atoms in total. The number of carboxylic acid groups (broad SMARTS) is 1. The molecule has 2 aliphatic rings. The smallest absolute Gasteiger partial charge is 0.306 e. The average Bonchev–Trinajstić information content (AvgIpc) is 3.11. The maximum absolute atomic E-state index is 13.0. The fourth-order valence-electron chi connectivity index (χ4n) is 5.23. The number of aromatic amines is 1. The Morgan fingerprint density at radius 3 is 2.61 bits per heavy atom. The Hall–Kier alpha value is -2.94. The molecular formula is C24H32N4O5. The minimum absolute atomic E-state index is 0.00342. The minimum Gasteiger partial charge on any atom is -0.505 e. The molecule has 1 aromatic carbocycles. The van der Waals surface area contributed by atoms with Crippen molar-refractivity contribution in [2.24, 2.45) is 16.1 Å². The first-order valence-corrected chi connectivity index (χ1v) is 11.7. The molecule has 0 saturated heterocycles. The van der Waals surface area contributed by atoms with Gasteiger partial charge in [0.05, 0.1) is 23.8 Å². The van der Waals surface area contributed by atoms with E-state index >= 15 is 0 Å². The van der Waals surface area contributed by atoms with Crippen LogP contribution in [-0.2, 0) is 9.53 Å². The van der Waals surface area contributed by atoms with Crippen LogP contribution in [0.1, 0.15) is 74.6 Å². The molecule has 2 aromatic rings. The van der Waals surface area contributed by atoms with Gasteiger partial charge in [-0.2, -0.15) is 0 Å². The van der Waals surface area contributed by atoms with Crippen molar-refractivity contribution < 1.29 is 19.7 Å². The van der Waals surface area contributed by atoms with Crippen LogP contribution < -0.4 is 5.56 Å². The highest BCUT2D eigenvalue weighted by Crippen LogP contribution is 2.43. The summed E-state index contributed by atoms with van der Waals surface area (Å²) in [6.07, 6.45) is 6.57. The molecule has 0 aliphatic heterocycles. The molecule has 2 fully saturated rings. The zero-order chi connectivity index (χ0) is 23.5. The SMILES string of the molecule is COC1CCC(n2[nH]c(C)c(N=Nc3cccc(C4CCCC(C(=O)O)C4)c3O)c2=O)CC1. The Bertz CT molecular complexity index is 1080. The normalized spacial score (nSPS) is 26.0. The van der Waals surface area contributed by atoms with Crippen molar-refractivity contribution in [3.63, 3.8) is 0 Å². The van der Waals surface area contributed by atoms with Crippen molar-refractivity contribution in [1.82, 2.24) is 9.78 Å². The van der Waals surface area contributed by atoms with E-state index in [1.165, 1.54) is 0 Å². The fraction of sp³-hybridized carbons (Fsp3) is 0.583. The summed E-state index contributed by atoms with van der Waals surface area (Å²) in [4.78, 5) is 24.4. The van der Waals surface area contributed by atoms with Gasteiger partial charge in [0, 0.05) is 7.11 Å². The molecule has 1 aromatic heterocycles. The maximum atomic E-state index is 13.0. The van der Waals surface area contributed by atoms with Crippen LogP contribution in [0.3, 0.4) is 0 Å². The molecule has 0 radical (unpaired) electrons. The van der Waals surface area contributed by atoms with E-state index in [9.17, 15) is 19.8 Å². The van der Waals surface area contributed by atoms with Crippen molar-refractivity contribution in [1.29, 1.82) is 0 Å². The van der Waals surface area contributed by atoms with Crippen molar-refractivity contribution in [3.05, 3.63) is 39.8 Å². The first kappa shape index (κ1) is 23.2. The Kier molecular flexibility index (Phi) is 6.97. The summed E-state index contributed by atoms with van der Waals surface area (Å²) in [5.74, 6) is -1.22. The molecule has 0 spiro atoms. The summed E-state index contributed by atoms with van der Waals surface area (Å²) in [5.41, 5.74) is 1.61. The molecule has 0 amide bonds. The van der Waals surface area contributed by atoms with Crippen molar-refractivity contribution in [2.45, 2.75) is 76.4 Å². The fourth-order valence-corrected chi connectivity index (χ4v) is 5.23. The zero-order valence-corrected chi connectivity index (χ0v) is 19.2. The molecule has 4 rings (SSSR count). The summed E-state index contributed by atoms with van der Waals surface area (Å²) in [5, 5.41) is 31.7. The number of benzene rings is 1. The van der Waals surface area contributed by atoms with E-state index in [1.54, 1.807) is 30.8 Å². The van der Waals surface area contributed by atoms with Crippen LogP contribution >= 0.6 is 0 Å². The predicted molar refractivity (Wildman–Crippen MR) is 123 cm³/mol. The molecule has 1 heterocycles. The molecular weight excluding hydrogens is 424 g/mol. The summed E-state index contributed by atoms with van der Waals surface area (Å²) < 4.78 is 7.06. The second kappa shape index (κ2) is 9.91. The monoisotopic (exact) mass is 456 g/mol. The molecule has 33 heavy (non-hydrogen) atoms. The van der Waals surface area contributed by atoms with Gasteiger partial charge in [-0.15, -0.1) is 10.2 Å². The van der Waals surface area contributed by atoms with Gasteiger partial charge in [0.1, 0.15) is 11.4 Å². The number of hydrogen-bond acceptors (Lipinski definition) is 6. The Morgan fingerprint density at radius 2 is 1.91 bits per heavy atom. The van der Waals surface area contributed by atoms with Crippen LogP contribution in [0.4, 0.5) is 11.4 Å². The van der Waals surface area contributed by atoms with Crippen LogP contribution in [0.2, 0.25) is 0 Å². The van der Waals surface area contributed by atoms with Crippen LogP contribution in [0.25, 0.3) is 0 Å². The number of hydrogen-bond donors (Lipinski definition) is 3. The number of aromatic nitrogens is 2. The van der Waals surface area contributed by atoms with E-state index in [0.29, 0.717) is 24.1 Å². The van der Waals surface area contributed by atoms with E-state index in [2.05, 4.69) is 15.3 Å². The number of nitrogens with zero attached hydrogens (tertiary/aromatic N) is 3. The second-order valence-corrected chi connectivity index (χ2v) is 9.24. The molecule has 178 valence electrons. The lowest BCUT2D eigenvalue weighted by molar-refractivity contribution is -0.143. The van der Waals surface area contributed by atoms with Crippen molar-refractivity contribution in [3.8, 4) is 5.75 Å². The third-order valence-corrected chi connectivity index (χ3v) is 7.17. The number of H-pyrrole nitrogens is 1. The van der Waals surface area contributed by atoms with E-state index in [1.807, 2.05) is 6.07 Å². The van der Waals surface area contributed by atoms with Crippen molar-refractivity contribution >= 4 is 17.3 Å². The van der Waals surface area contributed by atoms with Gasteiger partial charge in [0.25, 0.3) is 5.56 Å². The van der Waals surface area contributed by atoms with Gasteiger partial charge in [-0.3, -0.25) is 14.7 Å². The molecule has 9 heteroatoms. The van der Waals surface area contributed by atoms with Gasteiger partial charge >= 0.3 is 5.97 Å². The molecule has 2 saturated carbocycles. The predicted octanol–water partition coefficient (Wildman–Crippen LogP) is 5.09. The number of carbonyl (C=O) groups is 1. The quantitative estimate of drug-likeness (QED) is 0.521. The number of rotatable bonds is 6. The maximum Gasteiger partial charge on any atom is 0.306 e. The van der Waals surface area contributed by atoms with E-state index in [-0.39, 0.29) is 40.7 Å². The van der Waals surface area contributed by atoms with Crippen LogP contribution in [0.5, 0.6) is 5.75 Å². The summed E-state index contributed by atoms with van der Waals surface area (Å²) >= 11 is 0. The number of carboxylic acids is 1. The lowest BCUT2D eigenvalue weighted by Crippen LogP contribution is -2.28. The Morgan fingerprint density at radius 1 is 1.15 bits per heavy atom. The number of aryl methyl sites for hydroxylation is 1. The highest BCUT2D eigenvalue weighted by molar-refractivity contribution is 5.70. The third-order valence-electron chi connectivity index (χ3n) is 7.17. The topological polar surface area (TPSA) is 129 Å². The number of aromatic hydroxyl groups is 1. The molecule has 0 bridgehead atoms. The number of methoxy groups -OCH3 is 1. The lowest BCUT2D eigenvalue weighted by atomic mass is 9.77. The van der Waals surface area contributed by atoms with Crippen LogP contribution in [0, 0.1) is 12.8 Å². The van der Waals surface area contributed by atoms with E-state index in [0.717, 1.165) is 38.5 Å². The number of azo groups is 1. The molecule has 2 atom stereocenters. The molecule has 2 unspecified atom stereocenters. The van der Waals surface area contributed by atoms with Crippen molar-refractivity contribution in [2.75, 3.05) is 7.11 Å². The number of ether oxygens (including phenoxy) is 1. The first-order chi connectivity index (χ1) is 15.9. The van der Waals surface area contributed by atoms with Gasteiger partial charge < -0.3 is 14.9 Å². The molecule has 2 aliphatic carbocycles. The molecule has 3 N–H and O–H groups in total. The Balaban J connectivity index is 1.54. The highest BCUT2D eigenvalue weighted by atomic mass is 16.5. The number of phenolic OH excluding ortho intramolecular Hbond substituents is 1. The van der Waals surface area contributed by atoms with Crippen LogP contribution in [-0.4, -0.2) is 39.2 Å². The van der Waals surface area contributed by atoms with Gasteiger partial charge in [-0.05, 0) is 69.4 Å². The van der Waals surface area contributed by atoms with Gasteiger partial charge in [-0.1, -0.05) is 18.6 Å². The third kappa shape index (κ3) is 4.88. The van der Waals surface area contributed by atoms with E-state index in [4.69, 9.17) is 4.74 Å². The Labute approximate surface area is 192 Å². The zero-order valence-electron chi connectivity index (χ0n) is 19.2. The standard InChI is InChI=1S/C24H32N4O5/c1-14-21(23(30)28(27-14)17-9-11-18(33-2)12-10-17)26-25-20-8-4-7-19(22(20)29)15-5-3-6-16(13-15)24(31)32/h4,7-8,15-18,27,29H,3,5-6,9-13H2,1-2H3,(H,31,32). The summed E-state index contributed by atoms with van der Waals surface area (Å²) in [7, 11) is 1.72.